The normalized spacial score (nSPS) is 13.6. The molecule has 0 saturated carbocycles. The van der Waals surface area contributed by atoms with Crippen molar-refractivity contribution >= 4 is 17.2 Å². The molecule has 8 nitrogen and oxygen atoms in total. The Hall–Kier alpha value is -3.91. The largest absolute Gasteiger partial charge is 0.497 e. The molecule has 0 fully saturated rings. The van der Waals surface area contributed by atoms with Crippen LogP contribution in [0.25, 0.3) is 5.65 Å². The highest BCUT2D eigenvalue weighted by atomic mass is 16.5. The zero-order chi connectivity index (χ0) is 25.4. The standard InChI is InChI=1S/C28H31N5O3/c1-5-32-25-12-13-31(16-20-7-10-22(36-4)11-8-20)17-24(25)28(35)33-27(32)23(15-29-33)26(34)30-21-9-6-18(2)19(3)14-21/h6-11,14-15H,5,12-13,16-17H2,1-4H3,(H,30,34). The van der Waals surface area contributed by atoms with Gasteiger partial charge in [0.1, 0.15) is 11.3 Å². The van der Waals surface area contributed by atoms with Gasteiger partial charge in [-0.1, -0.05) is 18.2 Å². The maximum atomic E-state index is 13.5. The molecule has 5 rings (SSSR count). The van der Waals surface area contributed by atoms with Gasteiger partial charge in [0.25, 0.3) is 11.5 Å². The summed E-state index contributed by atoms with van der Waals surface area (Å²) in [6, 6.07) is 13.8. The second-order valence-corrected chi connectivity index (χ2v) is 9.33. The molecule has 1 N–H and O–H groups in total. The molecule has 1 aliphatic rings. The van der Waals surface area contributed by atoms with Crippen LogP contribution in [0.5, 0.6) is 5.75 Å². The van der Waals surface area contributed by atoms with Crippen molar-refractivity contribution in [2.45, 2.75) is 46.8 Å². The van der Waals surface area contributed by atoms with Crippen LogP contribution < -0.4 is 15.6 Å². The van der Waals surface area contributed by atoms with Gasteiger partial charge in [0.15, 0.2) is 5.65 Å². The predicted molar refractivity (Wildman–Crippen MR) is 140 cm³/mol. The Labute approximate surface area is 210 Å². The van der Waals surface area contributed by atoms with Crippen molar-refractivity contribution in [3.05, 3.63) is 92.5 Å². The summed E-state index contributed by atoms with van der Waals surface area (Å²) in [5.41, 5.74) is 6.68. The first-order valence-corrected chi connectivity index (χ1v) is 12.3. The number of carbonyl (C=O) groups excluding carboxylic acids is 1. The zero-order valence-electron chi connectivity index (χ0n) is 21.2. The third kappa shape index (κ3) is 4.28. The average Bonchev–Trinajstić information content (AvgIpc) is 3.33. The number of rotatable bonds is 6. The average molecular weight is 486 g/mol. The first-order valence-electron chi connectivity index (χ1n) is 12.3. The van der Waals surface area contributed by atoms with Crippen molar-refractivity contribution in [2.24, 2.45) is 0 Å². The molecule has 2 aromatic carbocycles. The molecule has 0 aliphatic carbocycles. The van der Waals surface area contributed by atoms with E-state index in [1.807, 2.05) is 51.1 Å². The summed E-state index contributed by atoms with van der Waals surface area (Å²) in [5, 5.41) is 7.32. The highest BCUT2D eigenvalue weighted by Gasteiger charge is 2.27. The van der Waals surface area contributed by atoms with Crippen molar-refractivity contribution in [2.75, 3.05) is 19.0 Å². The Morgan fingerprint density at radius 1 is 1.11 bits per heavy atom. The number of carbonyl (C=O) groups is 1. The molecule has 186 valence electrons. The lowest BCUT2D eigenvalue weighted by atomic mass is 10.0. The van der Waals surface area contributed by atoms with Gasteiger partial charge in [0.05, 0.1) is 18.9 Å². The minimum absolute atomic E-state index is 0.158. The molecule has 0 unspecified atom stereocenters. The lowest BCUT2D eigenvalue weighted by Gasteiger charge is -2.30. The number of anilines is 1. The minimum Gasteiger partial charge on any atom is -0.497 e. The van der Waals surface area contributed by atoms with Gasteiger partial charge in [0.2, 0.25) is 0 Å². The van der Waals surface area contributed by atoms with Crippen LogP contribution in [0.2, 0.25) is 0 Å². The highest BCUT2D eigenvalue weighted by Crippen LogP contribution is 2.23. The maximum absolute atomic E-state index is 13.5. The molecule has 0 atom stereocenters. The molecule has 3 heterocycles. The minimum atomic E-state index is -0.272. The molecular formula is C28H31N5O3. The van der Waals surface area contributed by atoms with Gasteiger partial charge in [-0.15, -0.1) is 0 Å². The van der Waals surface area contributed by atoms with Crippen molar-refractivity contribution in [3.63, 3.8) is 0 Å². The molecule has 4 aromatic rings. The highest BCUT2D eigenvalue weighted by molar-refractivity contribution is 6.08. The van der Waals surface area contributed by atoms with Gasteiger partial charge in [0, 0.05) is 44.0 Å². The van der Waals surface area contributed by atoms with E-state index in [1.54, 1.807) is 7.11 Å². The van der Waals surface area contributed by atoms with Crippen LogP contribution in [-0.2, 0) is 26.1 Å². The van der Waals surface area contributed by atoms with Crippen molar-refractivity contribution in [1.82, 2.24) is 19.1 Å². The van der Waals surface area contributed by atoms with Crippen LogP contribution in [0.3, 0.4) is 0 Å². The molecule has 0 saturated heterocycles. The Morgan fingerprint density at radius 3 is 2.58 bits per heavy atom. The number of fused-ring (bicyclic) bond motifs is 2. The van der Waals surface area contributed by atoms with E-state index < -0.39 is 0 Å². The quantitative estimate of drug-likeness (QED) is 0.447. The number of amides is 1. The smallest absolute Gasteiger partial charge is 0.279 e. The van der Waals surface area contributed by atoms with Gasteiger partial charge in [-0.05, 0) is 61.7 Å². The number of hydrogen-bond acceptors (Lipinski definition) is 5. The fraction of sp³-hybridized carbons (Fsp3) is 0.321. The lowest BCUT2D eigenvalue weighted by molar-refractivity contribution is 0.102. The number of aryl methyl sites for hydroxylation is 3. The number of benzene rings is 2. The fourth-order valence-corrected chi connectivity index (χ4v) is 4.95. The van der Waals surface area contributed by atoms with Gasteiger partial charge < -0.3 is 14.6 Å². The van der Waals surface area contributed by atoms with E-state index in [1.165, 1.54) is 16.3 Å². The number of hydrogen-bond donors (Lipinski definition) is 1. The molecule has 1 amide bonds. The van der Waals surface area contributed by atoms with E-state index in [-0.39, 0.29) is 11.5 Å². The number of ether oxygens (including phenoxy) is 1. The Balaban J connectivity index is 1.46. The van der Waals surface area contributed by atoms with Crippen LogP contribution in [0.1, 0.15) is 45.2 Å². The zero-order valence-corrected chi connectivity index (χ0v) is 21.2. The van der Waals surface area contributed by atoms with E-state index in [4.69, 9.17) is 4.74 Å². The maximum Gasteiger partial charge on any atom is 0.279 e. The molecule has 2 aromatic heterocycles. The molecule has 0 spiro atoms. The van der Waals surface area contributed by atoms with Crippen LogP contribution >= 0.6 is 0 Å². The molecule has 36 heavy (non-hydrogen) atoms. The van der Waals surface area contributed by atoms with E-state index in [2.05, 4.69) is 32.0 Å². The van der Waals surface area contributed by atoms with E-state index in [0.717, 1.165) is 53.3 Å². The number of aromatic nitrogens is 3. The summed E-state index contributed by atoms with van der Waals surface area (Å²) in [7, 11) is 1.66. The van der Waals surface area contributed by atoms with Crippen molar-refractivity contribution < 1.29 is 9.53 Å². The van der Waals surface area contributed by atoms with Crippen LogP contribution in [0.4, 0.5) is 5.69 Å². The third-order valence-electron chi connectivity index (χ3n) is 7.06. The van der Waals surface area contributed by atoms with E-state index >= 15 is 0 Å². The van der Waals surface area contributed by atoms with Crippen LogP contribution in [0.15, 0.2) is 53.5 Å². The molecule has 0 radical (unpaired) electrons. The topological polar surface area (TPSA) is 80.9 Å². The Morgan fingerprint density at radius 2 is 1.89 bits per heavy atom. The molecule has 1 aliphatic heterocycles. The van der Waals surface area contributed by atoms with Gasteiger partial charge in [-0.25, -0.2) is 0 Å². The summed E-state index contributed by atoms with van der Waals surface area (Å²) < 4.78 is 8.71. The lowest BCUT2D eigenvalue weighted by Crippen LogP contribution is -2.38. The molecule has 0 bridgehead atoms. The Bertz CT molecular complexity index is 1500. The number of nitrogens with one attached hydrogen (secondary N) is 1. The predicted octanol–water partition coefficient (Wildman–Crippen LogP) is 3.95. The van der Waals surface area contributed by atoms with Crippen molar-refractivity contribution in [3.8, 4) is 5.75 Å². The first kappa shape index (κ1) is 23.8. The fourth-order valence-electron chi connectivity index (χ4n) is 4.95. The summed E-state index contributed by atoms with van der Waals surface area (Å²) in [5.74, 6) is 0.554. The summed E-state index contributed by atoms with van der Waals surface area (Å²) in [4.78, 5) is 29.0. The molecule has 8 heteroatoms. The summed E-state index contributed by atoms with van der Waals surface area (Å²) >= 11 is 0. The van der Waals surface area contributed by atoms with Gasteiger partial charge >= 0.3 is 0 Å². The molecular weight excluding hydrogens is 454 g/mol. The van der Waals surface area contributed by atoms with Gasteiger partial charge in [-0.3, -0.25) is 14.5 Å². The Kier molecular flexibility index (Phi) is 6.36. The number of methoxy groups -OCH3 is 1. The van der Waals surface area contributed by atoms with Crippen LogP contribution in [0, 0.1) is 13.8 Å². The van der Waals surface area contributed by atoms with E-state index in [0.29, 0.717) is 24.3 Å². The summed E-state index contributed by atoms with van der Waals surface area (Å²) in [6.07, 6.45) is 2.23. The summed E-state index contributed by atoms with van der Waals surface area (Å²) in [6.45, 7) is 8.84. The van der Waals surface area contributed by atoms with E-state index in [9.17, 15) is 9.59 Å². The number of nitrogens with zero attached hydrogens (tertiary/aromatic N) is 4. The SMILES string of the molecule is CCn1c2c(c(=O)n3ncc(C(=O)Nc4ccc(C)c(C)c4)c13)CN(Cc1ccc(OC)cc1)CC2. The second-order valence-electron chi connectivity index (χ2n) is 9.33. The second kappa shape index (κ2) is 9.62. The monoisotopic (exact) mass is 485 g/mol. The third-order valence-corrected chi connectivity index (χ3v) is 7.06. The van der Waals surface area contributed by atoms with Crippen LogP contribution in [-0.4, -0.2) is 38.6 Å². The first-order chi connectivity index (χ1) is 17.4. The van der Waals surface area contributed by atoms with Crippen molar-refractivity contribution in [1.29, 1.82) is 0 Å². The van der Waals surface area contributed by atoms with Gasteiger partial charge in [-0.2, -0.15) is 9.61 Å².